The molecule has 0 aliphatic carbocycles. The average Bonchev–Trinajstić information content (AvgIpc) is 2.93. The van der Waals surface area contributed by atoms with Crippen LogP contribution >= 0.6 is 10.7 Å². The van der Waals surface area contributed by atoms with Gasteiger partial charge >= 0.3 is 0 Å². The van der Waals surface area contributed by atoms with Gasteiger partial charge in [0.05, 0.1) is 0 Å². The van der Waals surface area contributed by atoms with Crippen molar-refractivity contribution in [2.75, 3.05) is 11.4 Å². The van der Waals surface area contributed by atoms with E-state index in [2.05, 4.69) is 4.98 Å². The van der Waals surface area contributed by atoms with Crippen molar-refractivity contribution in [3.63, 3.8) is 0 Å². The maximum atomic E-state index is 12.0. The van der Waals surface area contributed by atoms with Crippen LogP contribution in [-0.2, 0) is 13.8 Å². The molecule has 0 spiro atoms. The summed E-state index contributed by atoms with van der Waals surface area (Å²) in [6, 6.07) is 5.32. The molecular formula is C11H10ClN3O3S. The van der Waals surface area contributed by atoms with Gasteiger partial charge in [-0.1, -0.05) is 6.07 Å². The van der Waals surface area contributed by atoms with Gasteiger partial charge in [0.1, 0.15) is 16.7 Å². The molecular weight excluding hydrogens is 290 g/mol. The third-order valence-electron chi connectivity index (χ3n) is 3.17. The second-order valence-corrected chi connectivity index (χ2v) is 7.25. The zero-order valence-corrected chi connectivity index (χ0v) is 11.3. The minimum atomic E-state index is -3.73. The van der Waals surface area contributed by atoms with Crippen molar-refractivity contribution in [1.29, 1.82) is 0 Å². The molecule has 3 heterocycles. The van der Waals surface area contributed by atoms with Gasteiger partial charge in [-0.15, -0.1) is 0 Å². The van der Waals surface area contributed by atoms with Crippen LogP contribution in [-0.4, -0.2) is 35.5 Å². The molecule has 1 saturated heterocycles. The number of hydrogen-bond donors (Lipinski definition) is 0. The molecule has 1 fully saturated rings. The molecule has 1 aliphatic rings. The molecule has 6 nitrogen and oxygen atoms in total. The Labute approximate surface area is 114 Å². The van der Waals surface area contributed by atoms with Gasteiger partial charge < -0.3 is 0 Å². The molecule has 100 valence electrons. The molecule has 8 heteroatoms. The smallest absolute Gasteiger partial charge is 0.237 e. The van der Waals surface area contributed by atoms with Crippen LogP contribution in [0.5, 0.6) is 0 Å². The lowest BCUT2D eigenvalue weighted by atomic mass is 10.4. The van der Waals surface area contributed by atoms with E-state index in [0.717, 1.165) is 0 Å². The van der Waals surface area contributed by atoms with E-state index in [4.69, 9.17) is 10.7 Å². The summed E-state index contributed by atoms with van der Waals surface area (Å²) in [6.45, 7) is 0.0714. The van der Waals surface area contributed by atoms with Gasteiger partial charge in [0.2, 0.25) is 15.0 Å². The molecule has 1 atom stereocenters. The number of carbonyl (C=O) groups excluding carboxylic acids is 1. The molecule has 2 aromatic heterocycles. The Bertz CT molecular complexity index is 755. The minimum absolute atomic E-state index is 0.0714. The van der Waals surface area contributed by atoms with E-state index in [9.17, 15) is 13.2 Å². The van der Waals surface area contributed by atoms with Crippen LogP contribution in [0.15, 0.2) is 30.6 Å². The zero-order chi connectivity index (χ0) is 13.6. The summed E-state index contributed by atoms with van der Waals surface area (Å²) in [6.07, 6.45) is 3.26. The average molecular weight is 300 g/mol. The molecule has 0 saturated carbocycles. The maximum absolute atomic E-state index is 12.0. The van der Waals surface area contributed by atoms with E-state index in [1.165, 1.54) is 4.90 Å². The number of nitrogens with zero attached hydrogens (tertiary/aromatic N) is 3. The first-order chi connectivity index (χ1) is 8.97. The van der Waals surface area contributed by atoms with E-state index in [1.54, 1.807) is 35.0 Å². The Morgan fingerprint density at radius 3 is 2.84 bits per heavy atom. The predicted molar refractivity (Wildman–Crippen MR) is 70.7 cm³/mol. The largest absolute Gasteiger partial charge is 0.296 e. The number of halogens is 1. The van der Waals surface area contributed by atoms with Gasteiger partial charge in [-0.05, 0) is 12.1 Å². The highest BCUT2D eigenvalue weighted by atomic mass is 35.7. The molecule has 0 radical (unpaired) electrons. The van der Waals surface area contributed by atoms with Crippen LogP contribution in [0.25, 0.3) is 5.65 Å². The van der Waals surface area contributed by atoms with Crippen LogP contribution in [0.1, 0.15) is 6.42 Å². The fourth-order valence-corrected chi connectivity index (χ4v) is 3.26. The summed E-state index contributed by atoms with van der Waals surface area (Å²) < 4.78 is 24.4. The Kier molecular flexibility index (Phi) is 2.75. The first-order valence-electron chi connectivity index (χ1n) is 5.63. The van der Waals surface area contributed by atoms with Gasteiger partial charge in [0, 0.05) is 36.0 Å². The Morgan fingerprint density at radius 1 is 1.37 bits per heavy atom. The molecule has 1 unspecified atom stereocenters. The van der Waals surface area contributed by atoms with Crippen LogP contribution < -0.4 is 4.90 Å². The molecule has 1 amide bonds. The van der Waals surface area contributed by atoms with Gasteiger partial charge in [0.25, 0.3) is 0 Å². The number of anilines is 1. The van der Waals surface area contributed by atoms with Crippen LogP contribution in [0.4, 0.5) is 5.82 Å². The number of hydrogen-bond acceptors (Lipinski definition) is 4. The normalized spacial score (nSPS) is 20.4. The fraction of sp³-hybridized carbons (Fsp3) is 0.273. The van der Waals surface area contributed by atoms with Crippen LogP contribution in [0.2, 0.25) is 0 Å². The van der Waals surface area contributed by atoms with Gasteiger partial charge in [0.15, 0.2) is 0 Å². The number of pyridine rings is 1. The first kappa shape index (κ1) is 12.4. The molecule has 0 bridgehead atoms. The molecule has 1 aliphatic heterocycles. The third-order valence-corrected chi connectivity index (χ3v) is 5.04. The number of amides is 1. The van der Waals surface area contributed by atoms with E-state index in [0.29, 0.717) is 11.5 Å². The van der Waals surface area contributed by atoms with E-state index in [-0.39, 0.29) is 18.9 Å². The molecule has 3 rings (SSSR count). The maximum Gasteiger partial charge on any atom is 0.237 e. The highest BCUT2D eigenvalue weighted by Crippen LogP contribution is 2.27. The number of carbonyl (C=O) groups is 1. The van der Waals surface area contributed by atoms with E-state index >= 15 is 0 Å². The topological polar surface area (TPSA) is 71.8 Å². The molecule has 2 aromatic rings. The lowest BCUT2D eigenvalue weighted by molar-refractivity contribution is -0.117. The lowest BCUT2D eigenvalue weighted by Gasteiger charge is -2.17. The predicted octanol–water partition coefficient (Wildman–Crippen LogP) is 1.01. The Morgan fingerprint density at radius 2 is 2.16 bits per heavy atom. The van der Waals surface area contributed by atoms with Crippen molar-refractivity contribution in [3.05, 3.63) is 30.6 Å². The van der Waals surface area contributed by atoms with Crippen molar-refractivity contribution >= 4 is 37.1 Å². The molecule has 19 heavy (non-hydrogen) atoms. The van der Waals surface area contributed by atoms with Gasteiger partial charge in [-0.3, -0.25) is 14.1 Å². The monoisotopic (exact) mass is 299 g/mol. The summed E-state index contributed by atoms with van der Waals surface area (Å²) in [7, 11) is 1.60. The van der Waals surface area contributed by atoms with Crippen molar-refractivity contribution in [2.24, 2.45) is 0 Å². The number of fused-ring (bicyclic) bond motifs is 1. The van der Waals surface area contributed by atoms with Crippen LogP contribution in [0.3, 0.4) is 0 Å². The summed E-state index contributed by atoms with van der Waals surface area (Å²) in [5.41, 5.74) is 0.697. The summed E-state index contributed by atoms with van der Waals surface area (Å²) >= 11 is 0. The van der Waals surface area contributed by atoms with Crippen LogP contribution in [0, 0.1) is 0 Å². The first-order valence-corrected chi connectivity index (χ1v) is 8.00. The fourth-order valence-electron chi connectivity index (χ4n) is 2.24. The third kappa shape index (κ3) is 2.08. The summed E-state index contributed by atoms with van der Waals surface area (Å²) in [5, 5.41) is -0.861. The van der Waals surface area contributed by atoms with Crippen molar-refractivity contribution in [1.82, 2.24) is 9.38 Å². The van der Waals surface area contributed by atoms with Gasteiger partial charge in [-0.2, -0.15) is 0 Å². The quantitative estimate of drug-likeness (QED) is 0.776. The highest BCUT2D eigenvalue weighted by Gasteiger charge is 2.38. The SMILES string of the molecule is O=C1CC(S(=O)(=O)Cl)CN1c1cccc2nccn12. The number of rotatable bonds is 2. The Balaban J connectivity index is 2.04. The number of aromatic nitrogens is 2. The molecule has 0 N–H and O–H groups in total. The number of imidazole rings is 1. The highest BCUT2D eigenvalue weighted by molar-refractivity contribution is 8.14. The van der Waals surface area contributed by atoms with Crippen molar-refractivity contribution in [3.8, 4) is 0 Å². The Hall–Kier alpha value is -1.60. The minimum Gasteiger partial charge on any atom is -0.296 e. The van der Waals surface area contributed by atoms with E-state index in [1.807, 2.05) is 0 Å². The summed E-state index contributed by atoms with van der Waals surface area (Å²) in [5.74, 6) is 0.346. The summed E-state index contributed by atoms with van der Waals surface area (Å²) in [4.78, 5) is 17.5. The van der Waals surface area contributed by atoms with Crippen molar-refractivity contribution in [2.45, 2.75) is 11.7 Å². The lowest BCUT2D eigenvalue weighted by Crippen LogP contribution is -2.28. The zero-order valence-electron chi connectivity index (χ0n) is 9.73. The van der Waals surface area contributed by atoms with E-state index < -0.39 is 14.3 Å². The van der Waals surface area contributed by atoms with Gasteiger partial charge in [-0.25, -0.2) is 13.4 Å². The standard InChI is InChI=1S/C11H10ClN3O3S/c12-19(17,18)8-6-11(16)15(7-8)10-3-1-2-9-13-4-5-14(9)10/h1-5,8H,6-7H2. The second kappa shape index (κ2) is 4.21. The molecule has 0 aromatic carbocycles. The second-order valence-electron chi connectivity index (χ2n) is 4.35. The van der Waals surface area contributed by atoms with Crippen molar-refractivity contribution < 1.29 is 13.2 Å².